The van der Waals surface area contributed by atoms with Crippen LogP contribution in [0.3, 0.4) is 0 Å². The number of likely N-dealkylation sites (tertiary alicyclic amines) is 1. The highest BCUT2D eigenvalue weighted by Crippen LogP contribution is 2.21. The first kappa shape index (κ1) is 17.9. The third kappa shape index (κ3) is 5.02. The molecule has 4 heteroatoms. The standard InChI is InChI=1S/C21H28FN3/c1-15-10-19(24-21(23)11-15)7-5-16-12-17(14-18(22)13-16)6-8-20-4-3-9-25(20)2/h10-14,20H,3-9H2,1-2H3,(H2,23,24). The number of hydrogen-bond acceptors (Lipinski definition) is 3. The summed E-state index contributed by atoms with van der Waals surface area (Å²) >= 11 is 0. The highest BCUT2D eigenvalue weighted by Gasteiger charge is 2.20. The van der Waals surface area contributed by atoms with E-state index in [1.807, 2.05) is 19.1 Å². The minimum atomic E-state index is -0.135. The maximum absolute atomic E-state index is 14.0. The second-order valence-electron chi connectivity index (χ2n) is 7.34. The highest BCUT2D eigenvalue weighted by atomic mass is 19.1. The molecule has 2 aromatic rings. The number of hydrogen-bond donors (Lipinski definition) is 1. The van der Waals surface area contributed by atoms with Crippen LogP contribution < -0.4 is 5.73 Å². The minimum absolute atomic E-state index is 0.135. The summed E-state index contributed by atoms with van der Waals surface area (Å²) in [7, 11) is 2.19. The Bertz CT molecular complexity index is 709. The van der Waals surface area contributed by atoms with Crippen molar-refractivity contribution in [2.45, 2.75) is 51.5 Å². The Hall–Kier alpha value is -1.94. The fraction of sp³-hybridized carbons (Fsp3) is 0.476. The summed E-state index contributed by atoms with van der Waals surface area (Å²) in [6.45, 7) is 3.20. The van der Waals surface area contributed by atoms with Crippen LogP contribution in [0.15, 0.2) is 30.3 Å². The molecule has 0 saturated carbocycles. The van der Waals surface area contributed by atoms with Gasteiger partial charge >= 0.3 is 0 Å². The molecule has 1 aliphatic rings. The van der Waals surface area contributed by atoms with Crippen LogP contribution in [0.1, 0.15) is 41.6 Å². The van der Waals surface area contributed by atoms with Gasteiger partial charge in [0.05, 0.1) is 0 Å². The molecule has 0 aliphatic carbocycles. The first-order valence-corrected chi connectivity index (χ1v) is 9.21. The third-order valence-electron chi connectivity index (χ3n) is 5.17. The van der Waals surface area contributed by atoms with Gasteiger partial charge in [-0.05, 0) is 100.0 Å². The zero-order chi connectivity index (χ0) is 17.8. The van der Waals surface area contributed by atoms with Crippen LogP contribution in [0.4, 0.5) is 10.2 Å². The fourth-order valence-electron chi connectivity index (χ4n) is 3.85. The van der Waals surface area contributed by atoms with E-state index >= 15 is 0 Å². The summed E-state index contributed by atoms with van der Waals surface area (Å²) in [6.07, 6.45) is 6.15. The van der Waals surface area contributed by atoms with E-state index < -0.39 is 0 Å². The van der Waals surface area contributed by atoms with Gasteiger partial charge in [-0.25, -0.2) is 9.37 Å². The SMILES string of the molecule is Cc1cc(N)nc(CCc2cc(F)cc(CCC3CCCN3C)c2)c1. The first-order valence-electron chi connectivity index (χ1n) is 9.21. The Kier molecular flexibility index (Phi) is 5.69. The van der Waals surface area contributed by atoms with Crippen LogP contribution in [0.2, 0.25) is 0 Å². The normalized spacial score (nSPS) is 18.0. The van der Waals surface area contributed by atoms with E-state index in [2.05, 4.69) is 23.0 Å². The Morgan fingerprint density at radius 3 is 2.56 bits per heavy atom. The molecule has 1 aromatic heterocycles. The van der Waals surface area contributed by atoms with Crippen molar-refractivity contribution in [3.63, 3.8) is 0 Å². The van der Waals surface area contributed by atoms with Gasteiger partial charge in [-0.2, -0.15) is 0 Å². The number of nitrogens with zero attached hydrogens (tertiary/aromatic N) is 2. The molecule has 0 spiro atoms. The molecule has 3 rings (SSSR count). The van der Waals surface area contributed by atoms with E-state index in [0.717, 1.165) is 48.1 Å². The second kappa shape index (κ2) is 7.96. The van der Waals surface area contributed by atoms with E-state index in [1.165, 1.54) is 19.4 Å². The average Bonchev–Trinajstić information content (AvgIpc) is 2.95. The van der Waals surface area contributed by atoms with Crippen LogP contribution in [0, 0.1) is 12.7 Å². The number of aromatic nitrogens is 1. The number of nitrogens with two attached hydrogens (primary N) is 1. The fourth-order valence-corrected chi connectivity index (χ4v) is 3.85. The lowest BCUT2D eigenvalue weighted by Crippen LogP contribution is -2.25. The van der Waals surface area contributed by atoms with Gasteiger partial charge in [-0.3, -0.25) is 0 Å². The number of rotatable bonds is 6. The molecular weight excluding hydrogens is 313 g/mol. The summed E-state index contributed by atoms with van der Waals surface area (Å²) in [5.41, 5.74) is 10.0. The molecule has 0 radical (unpaired) electrons. The highest BCUT2D eigenvalue weighted by molar-refractivity contribution is 5.34. The zero-order valence-corrected chi connectivity index (χ0v) is 15.3. The quantitative estimate of drug-likeness (QED) is 0.866. The average molecular weight is 341 g/mol. The first-order chi connectivity index (χ1) is 12.0. The van der Waals surface area contributed by atoms with E-state index in [-0.39, 0.29) is 5.82 Å². The Morgan fingerprint density at radius 2 is 1.88 bits per heavy atom. The number of nitrogen functional groups attached to an aromatic ring is 1. The van der Waals surface area contributed by atoms with Crippen molar-refractivity contribution >= 4 is 5.82 Å². The van der Waals surface area contributed by atoms with Gasteiger partial charge in [0, 0.05) is 11.7 Å². The Morgan fingerprint density at radius 1 is 1.12 bits per heavy atom. The van der Waals surface area contributed by atoms with Crippen molar-refractivity contribution < 1.29 is 4.39 Å². The van der Waals surface area contributed by atoms with Gasteiger partial charge in [0.15, 0.2) is 0 Å². The van der Waals surface area contributed by atoms with Gasteiger partial charge in [-0.1, -0.05) is 6.07 Å². The molecule has 2 N–H and O–H groups in total. The van der Waals surface area contributed by atoms with Crippen LogP contribution in [0.25, 0.3) is 0 Å². The minimum Gasteiger partial charge on any atom is -0.384 e. The van der Waals surface area contributed by atoms with Gasteiger partial charge in [-0.15, -0.1) is 0 Å². The molecule has 1 fully saturated rings. The number of benzene rings is 1. The summed E-state index contributed by atoms with van der Waals surface area (Å²) < 4.78 is 14.0. The van der Waals surface area contributed by atoms with Crippen molar-refractivity contribution in [2.75, 3.05) is 19.3 Å². The molecule has 1 aromatic carbocycles. The molecule has 2 heterocycles. The van der Waals surface area contributed by atoms with Crippen LogP contribution in [-0.4, -0.2) is 29.5 Å². The van der Waals surface area contributed by atoms with Crippen molar-refractivity contribution in [1.82, 2.24) is 9.88 Å². The lowest BCUT2D eigenvalue weighted by molar-refractivity contribution is 0.296. The topological polar surface area (TPSA) is 42.1 Å². The Labute approximate surface area is 150 Å². The number of aryl methyl sites for hydroxylation is 4. The predicted molar refractivity (Wildman–Crippen MR) is 101 cm³/mol. The Balaban J connectivity index is 1.62. The zero-order valence-electron chi connectivity index (χ0n) is 15.3. The number of halogens is 1. The second-order valence-corrected chi connectivity index (χ2v) is 7.34. The van der Waals surface area contributed by atoms with Gasteiger partial charge in [0.2, 0.25) is 0 Å². The van der Waals surface area contributed by atoms with Crippen LogP contribution in [0.5, 0.6) is 0 Å². The van der Waals surface area contributed by atoms with Gasteiger partial charge in [0.1, 0.15) is 11.6 Å². The van der Waals surface area contributed by atoms with E-state index in [9.17, 15) is 4.39 Å². The van der Waals surface area contributed by atoms with Crippen molar-refractivity contribution in [3.05, 3.63) is 58.5 Å². The number of pyridine rings is 1. The van der Waals surface area contributed by atoms with Crippen molar-refractivity contribution in [3.8, 4) is 0 Å². The van der Waals surface area contributed by atoms with Gasteiger partial charge < -0.3 is 10.6 Å². The lowest BCUT2D eigenvalue weighted by Gasteiger charge is -2.19. The summed E-state index contributed by atoms with van der Waals surface area (Å²) in [5, 5.41) is 0. The molecule has 25 heavy (non-hydrogen) atoms. The van der Waals surface area contributed by atoms with Crippen LogP contribution >= 0.6 is 0 Å². The molecule has 1 atom stereocenters. The molecule has 3 nitrogen and oxygen atoms in total. The molecule has 0 bridgehead atoms. The largest absolute Gasteiger partial charge is 0.384 e. The lowest BCUT2D eigenvalue weighted by atomic mass is 9.99. The summed E-state index contributed by atoms with van der Waals surface area (Å²) in [6, 6.07) is 10.0. The maximum Gasteiger partial charge on any atom is 0.123 e. The smallest absolute Gasteiger partial charge is 0.123 e. The molecule has 0 amide bonds. The molecule has 1 saturated heterocycles. The molecule has 1 unspecified atom stereocenters. The summed E-state index contributed by atoms with van der Waals surface area (Å²) in [5.74, 6) is 0.416. The predicted octanol–water partition coefficient (Wildman–Crippen LogP) is 3.92. The van der Waals surface area contributed by atoms with E-state index in [4.69, 9.17) is 5.73 Å². The third-order valence-corrected chi connectivity index (χ3v) is 5.17. The molecule has 134 valence electrons. The van der Waals surface area contributed by atoms with E-state index in [0.29, 0.717) is 11.9 Å². The summed E-state index contributed by atoms with van der Waals surface area (Å²) in [4.78, 5) is 6.79. The van der Waals surface area contributed by atoms with Crippen molar-refractivity contribution in [2.24, 2.45) is 0 Å². The number of anilines is 1. The van der Waals surface area contributed by atoms with Crippen LogP contribution in [-0.2, 0) is 19.3 Å². The molecule has 1 aliphatic heterocycles. The van der Waals surface area contributed by atoms with Crippen molar-refractivity contribution in [1.29, 1.82) is 0 Å². The monoisotopic (exact) mass is 341 g/mol. The van der Waals surface area contributed by atoms with Gasteiger partial charge in [0.25, 0.3) is 0 Å². The molecular formula is C21H28FN3. The van der Waals surface area contributed by atoms with E-state index in [1.54, 1.807) is 12.1 Å². The maximum atomic E-state index is 14.0.